The molecular weight excluding hydrogens is 440 g/mol. The smallest absolute Gasteiger partial charge is 0.243 e. The zero-order valence-electron chi connectivity index (χ0n) is 18.3. The van der Waals surface area contributed by atoms with Gasteiger partial charge in [0.05, 0.1) is 12.3 Å². The lowest BCUT2D eigenvalue weighted by atomic mass is 10.1. The summed E-state index contributed by atoms with van der Waals surface area (Å²) in [5.74, 6) is 1.15. The minimum Gasteiger partial charge on any atom is -0.492 e. The van der Waals surface area contributed by atoms with Gasteiger partial charge in [0.2, 0.25) is 16.0 Å². The highest BCUT2D eigenvalue weighted by Crippen LogP contribution is 2.38. The predicted octanol–water partition coefficient (Wildman–Crippen LogP) is 3.32. The molecule has 33 heavy (non-hydrogen) atoms. The van der Waals surface area contributed by atoms with Gasteiger partial charge in [-0.15, -0.1) is 0 Å². The van der Waals surface area contributed by atoms with Crippen molar-refractivity contribution < 1.29 is 13.2 Å². The van der Waals surface area contributed by atoms with Crippen molar-refractivity contribution in [3.8, 4) is 5.75 Å². The van der Waals surface area contributed by atoms with Crippen LogP contribution in [0.1, 0.15) is 24.5 Å². The predicted molar refractivity (Wildman–Crippen MR) is 128 cm³/mol. The van der Waals surface area contributed by atoms with Gasteiger partial charge in [-0.1, -0.05) is 12.1 Å². The first-order chi connectivity index (χ1) is 15.9. The Hall–Kier alpha value is -3.37. The van der Waals surface area contributed by atoms with Crippen LogP contribution in [0.2, 0.25) is 0 Å². The Morgan fingerprint density at radius 1 is 1.12 bits per heavy atom. The lowest BCUT2D eigenvalue weighted by Gasteiger charge is -2.22. The Labute approximate surface area is 193 Å². The van der Waals surface area contributed by atoms with E-state index < -0.39 is 10.0 Å². The summed E-state index contributed by atoms with van der Waals surface area (Å²) in [6.07, 6.45) is 4.24. The maximum atomic E-state index is 12.4. The molecular formula is C23H26N6O3S. The molecule has 10 heteroatoms. The van der Waals surface area contributed by atoms with Crippen LogP contribution in [0.4, 0.5) is 28.8 Å². The van der Waals surface area contributed by atoms with E-state index in [-0.39, 0.29) is 4.90 Å². The molecule has 0 atom stereocenters. The number of ether oxygens (including phenoxy) is 1. The third kappa shape index (κ3) is 4.31. The van der Waals surface area contributed by atoms with Crippen LogP contribution in [0, 0.1) is 0 Å². The zero-order valence-corrected chi connectivity index (χ0v) is 19.2. The lowest BCUT2D eigenvalue weighted by Crippen LogP contribution is -2.19. The molecule has 2 aromatic carbocycles. The second kappa shape index (κ2) is 8.53. The number of nitrogens with two attached hydrogens (primary N) is 1. The standard InChI is InChI=1S/C23H26N6O3S/c1-2-29-12-10-15-5-7-17(14-19(15)29)26-23-25-11-9-20(28-23)27-18-8-6-16-4-3-13-32-21(16)22(18)33(24,30)31/h5-9,11,14H,2-4,10,12-13H2,1H3,(H2,24,30,31)(H2,25,26,27,28). The lowest BCUT2D eigenvalue weighted by molar-refractivity contribution is 0.280. The van der Waals surface area contributed by atoms with Crippen LogP contribution in [-0.2, 0) is 22.9 Å². The molecule has 5 rings (SSSR count). The van der Waals surface area contributed by atoms with Crippen molar-refractivity contribution in [1.29, 1.82) is 0 Å². The van der Waals surface area contributed by atoms with Gasteiger partial charge in [0.1, 0.15) is 16.5 Å². The third-order valence-electron chi connectivity index (χ3n) is 5.95. The molecule has 3 aromatic rings. The van der Waals surface area contributed by atoms with E-state index in [1.54, 1.807) is 18.3 Å². The van der Waals surface area contributed by atoms with Crippen LogP contribution in [0.25, 0.3) is 0 Å². The van der Waals surface area contributed by atoms with Crippen molar-refractivity contribution in [1.82, 2.24) is 9.97 Å². The Kier molecular flexibility index (Phi) is 5.55. The summed E-state index contributed by atoms with van der Waals surface area (Å²) in [5.41, 5.74) is 4.60. The number of fused-ring (bicyclic) bond motifs is 2. The number of aryl methyl sites for hydroxylation is 1. The van der Waals surface area contributed by atoms with Gasteiger partial charge < -0.3 is 20.3 Å². The van der Waals surface area contributed by atoms with Crippen LogP contribution in [-0.4, -0.2) is 38.1 Å². The molecule has 2 aliphatic rings. The topological polar surface area (TPSA) is 122 Å². The largest absolute Gasteiger partial charge is 0.492 e. The normalized spacial score (nSPS) is 14.9. The highest BCUT2D eigenvalue weighted by Gasteiger charge is 2.26. The van der Waals surface area contributed by atoms with E-state index in [4.69, 9.17) is 9.88 Å². The summed E-state index contributed by atoms with van der Waals surface area (Å²) >= 11 is 0. The van der Waals surface area contributed by atoms with Gasteiger partial charge in [0.15, 0.2) is 0 Å². The molecule has 172 valence electrons. The van der Waals surface area contributed by atoms with Gasteiger partial charge in [0, 0.05) is 30.7 Å². The molecule has 0 fully saturated rings. The first-order valence-electron chi connectivity index (χ1n) is 11.0. The van der Waals surface area contributed by atoms with Crippen molar-refractivity contribution >= 4 is 38.9 Å². The van der Waals surface area contributed by atoms with Crippen molar-refractivity contribution in [3.05, 3.63) is 53.7 Å². The summed E-state index contributed by atoms with van der Waals surface area (Å²) in [6, 6.07) is 11.5. The Bertz CT molecular complexity index is 1310. The number of hydrogen-bond acceptors (Lipinski definition) is 8. The second-order valence-electron chi connectivity index (χ2n) is 8.12. The van der Waals surface area contributed by atoms with E-state index in [1.807, 2.05) is 12.1 Å². The van der Waals surface area contributed by atoms with Gasteiger partial charge >= 0.3 is 0 Å². The number of hydrogen-bond donors (Lipinski definition) is 3. The van der Waals surface area contributed by atoms with E-state index in [9.17, 15) is 8.42 Å². The Morgan fingerprint density at radius 3 is 2.79 bits per heavy atom. The third-order valence-corrected chi connectivity index (χ3v) is 6.92. The van der Waals surface area contributed by atoms with Crippen molar-refractivity contribution in [3.63, 3.8) is 0 Å². The molecule has 0 spiro atoms. The molecule has 3 heterocycles. The zero-order chi connectivity index (χ0) is 23.0. The molecule has 0 saturated carbocycles. The molecule has 1 aromatic heterocycles. The molecule has 0 saturated heterocycles. The first-order valence-corrected chi connectivity index (χ1v) is 12.5. The van der Waals surface area contributed by atoms with Gasteiger partial charge in [-0.05, 0) is 61.6 Å². The van der Waals surface area contributed by atoms with Crippen LogP contribution < -0.4 is 25.4 Å². The highest BCUT2D eigenvalue weighted by atomic mass is 32.2. The Balaban J connectivity index is 1.42. The Morgan fingerprint density at radius 2 is 1.97 bits per heavy atom. The number of anilines is 5. The van der Waals surface area contributed by atoms with E-state index in [1.165, 1.54) is 11.3 Å². The monoisotopic (exact) mass is 466 g/mol. The second-order valence-corrected chi connectivity index (χ2v) is 9.61. The minimum atomic E-state index is -4.02. The number of aromatic nitrogens is 2. The van der Waals surface area contributed by atoms with E-state index in [0.717, 1.165) is 43.6 Å². The molecule has 0 radical (unpaired) electrons. The molecule has 4 N–H and O–H groups in total. The number of primary sulfonamides is 1. The summed E-state index contributed by atoms with van der Waals surface area (Å²) in [7, 11) is -4.02. The van der Waals surface area contributed by atoms with Crippen LogP contribution in [0.5, 0.6) is 5.75 Å². The number of rotatable bonds is 6. The summed E-state index contributed by atoms with van der Waals surface area (Å²) in [5, 5.41) is 11.9. The van der Waals surface area contributed by atoms with Crippen molar-refractivity contribution in [2.45, 2.75) is 31.1 Å². The summed E-state index contributed by atoms with van der Waals surface area (Å²) in [4.78, 5) is 11.1. The number of nitrogens with zero attached hydrogens (tertiary/aromatic N) is 3. The molecule has 0 aliphatic carbocycles. The minimum absolute atomic E-state index is 0.0499. The fraction of sp³-hybridized carbons (Fsp3) is 0.304. The van der Waals surface area contributed by atoms with Gasteiger partial charge in [-0.3, -0.25) is 0 Å². The average Bonchev–Trinajstić information content (AvgIpc) is 3.21. The van der Waals surface area contributed by atoms with Crippen molar-refractivity contribution in [2.75, 3.05) is 35.2 Å². The number of benzene rings is 2. The molecule has 0 bridgehead atoms. The van der Waals surface area contributed by atoms with Gasteiger partial charge in [0.25, 0.3) is 0 Å². The van der Waals surface area contributed by atoms with Crippen molar-refractivity contribution in [2.24, 2.45) is 5.14 Å². The summed E-state index contributed by atoms with van der Waals surface area (Å²) < 4.78 is 30.4. The molecule has 0 unspecified atom stereocenters. The fourth-order valence-electron chi connectivity index (χ4n) is 4.38. The quantitative estimate of drug-likeness (QED) is 0.506. The maximum absolute atomic E-state index is 12.4. The number of sulfonamides is 1. The summed E-state index contributed by atoms with van der Waals surface area (Å²) in [6.45, 7) is 4.59. The average molecular weight is 467 g/mol. The van der Waals surface area contributed by atoms with E-state index in [2.05, 4.69) is 44.6 Å². The number of likely N-dealkylation sites (N-methyl/N-ethyl adjacent to an activating group) is 1. The van der Waals surface area contributed by atoms with Crippen LogP contribution in [0.15, 0.2) is 47.5 Å². The first kappa shape index (κ1) is 21.5. The van der Waals surface area contributed by atoms with Gasteiger partial charge in [-0.2, -0.15) is 4.98 Å². The highest BCUT2D eigenvalue weighted by molar-refractivity contribution is 7.89. The SMILES string of the molecule is CCN1CCc2ccc(Nc3nccc(Nc4ccc5c(c4S(N)(=O)=O)OCCC5)n3)cc21. The maximum Gasteiger partial charge on any atom is 0.243 e. The van der Waals surface area contributed by atoms with E-state index in [0.29, 0.717) is 29.8 Å². The molecule has 2 aliphatic heterocycles. The van der Waals surface area contributed by atoms with Crippen LogP contribution >= 0.6 is 0 Å². The van der Waals surface area contributed by atoms with E-state index >= 15 is 0 Å². The number of nitrogens with one attached hydrogen (secondary N) is 2. The van der Waals surface area contributed by atoms with Crippen LogP contribution in [0.3, 0.4) is 0 Å². The fourth-order valence-corrected chi connectivity index (χ4v) is 5.26. The van der Waals surface area contributed by atoms with Gasteiger partial charge in [-0.25, -0.2) is 18.5 Å². The molecule has 9 nitrogen and oxygen atoms in total. The molecule has 0 amide bonds.